The SMILES string of the molecule is CCC(O)(O)C(=O)/C=C/c1ccc(OC(=O)c2ccc(OCCCCC(F)(F)F)cc2)cc1. The number of benzene rings is 2. The Morgan fingerprint density at radius 3 is 2.12 bits per heavy atom. The van der Waals surface area contributed by atoms with Crippen LogP contribution >= 0.6 is 0 Å². The second kappa shape index (κ2) is 11.6. The highest BCUT2D eigenvalue weighted by atomic mass is 19.4. The van der Waals surface area contributed by atoms with Crippen molar-refractivity contribution >= 4 is 17.8 Å². The number of ketones is 1. The van der Waals surface area contributed by atoms with Gasteiger partial charge in [0.05, 0.1) is 12.2 Å². The molecule has 0 saturated carbocycles. The van der Waals surface area contributed by atoms with Gasteiger partial charge in [-0.1, -0.05) is 25.1 Å². The lowest BCUT2D eigenvalue weighted by molar-refractivity contribution is -0.178. The van der Waals surface area contributed by atoms with Crippen LogP contribution in [0.15, 0.2) is 54.6 Å². The predicted molar refractivity (Wildman–Crippen MR) is 115 cm³/mol. The first kappa shape index (κ1) is 26.1. The lowest BCUT2D eigenvalue weighted by atomic mass is 10.1. The van der Waals surface area contributed by atoms with Gasteiger partial charge in [-0.05, 0) is 60.9 Å². The number of halogens is 3. The molecule has 2 N–H and O–H groups in total. The fourth-order valence-electron chi connectivity index (χ4n) is 2.60. The van der Waals surface area contributed by atoms with E-state index in [1.165, 1.54) is 49.4 Å². The van der Waals surface area contributed by atoms with Gasteiger partial charge in [0.2, 0.25) is 11.6 Å². The van der Waals surface area contributed by atoms with Crippen LogP contribution in [-0.4, -0.2) is 40.5 Å². The second-order valence-electron chi connectivity index (χ2n) is 7.27. The summed E-state index contributed by atoms with van der Waals surface area (Å²) >= 11 is 0. The topological polar surface area (TPSA) is 93.1 Å². The van der Waals surface area contributed by atoms with E-state index in [1.807, 2.05) is 0 Å². The lowest BCUT2D eigenvalue weighted by Crippen LogP contribution is -2.36. The van der Waals surface area contributed by atoms with Crippen molar-refractivity contribution in [3.8, 4) is 11.5 Å². The average molecular weight is 466 g/mol. The Labute approximate surface area is 189 Å². The van der Waals surface area contributed by atoms with Gasteiger partial charge in [0, 0.05) is 12.8 Å². The summed E-state index contributed by atoms with van der Waals surface area (Å²) in [5, 5.41) is 19.0. The van der Waals surface area contributed by atoms with Gasteiger partial charge in [-0.2, -0.15) is 13.2 Å². The van der Waals surface area contributed by atoms with E-state index in [-0.39, 0.29) is 37.2 Å². The Balaban J connectivity index is 1.84. The van der Waals surface area contributed by atoms with Crippen LogP contribution in [-0.2, 0) is 4.79 Å². The van der Waals surface area contributed by atoms with Crippen molar-refractivity contribution in [1.29, 1.82) is 0 Å². The number of alkyl halides is 3. The molecule has 6 nitrogen and oxygen atoms in total. The summed E-state index contributed by atoms with van der Waals surface area (Å²) in [6.45, 7) is 1.61. The van der Waals surface area contributed by atoms with Gasteiger partial charge in [0.15, 0.2) is 0 Å². The van der Waals surface area contributed by atoms with Crippen LogP contribution in [0.2, 0.25) is 0 Å². The van der Waals surface area contributed by atoms with Crippen LogP contribution in [0.5, 0.6) is 11.5 Å². The van der Waals surface area contributed by atoms with Gasteiger partial charge < -0.3 is 19.7 Å². The Morgan fingerprint density at radius 1 is 0.939 bits per heavy atom. The average Bonchev–Trinajstić information content (AvgIpc) is 2.77. The Kier molecular flexibility index (Phi) is 9.19. The molecule has 0 aliphatic rings. The van der Waals surface area contributed by atoms with E-state index >= 15 is 0 Å². The minimum atomic E-state index is -4.17. The first-order chi connectivity index (χ1) is 15.5. The summed E-state index contributed by atoms with van der Waals surface area (Å²) in [5.41, 5.74) is 0.850. The number of carbonyl (C=O) groups is 2. The molecule has 0 aromatic heterocycles. The molecule has 9 heteroatoms. The molecule has 0 radical (unpaired) electrons. The van der Waals surface area contributed by atoms with Crippen molar-refractivity contribution in [3.63, 3.8) is 0 Å². The van der Waals surface area contributed by atoms with Gasteiger partial charge in [-0.15, -0.1) is 0 Å². The molecule has 0 aliphatic carbocycles. The molecule has 0 fully saturated rings. The normalized spacial score (nSPS) is 12.1. The smallest absolute Gasteiger partial charge is 0.389 e. The monoisotopic (exact) mass is 466 g/mol. The molecule has 0 atom stereocenters. The fourth-order valence-corrected chi connectivity index (χ4v) is 2.60. The van der Waals surface area contributed by atoms with Gasteiger partial charge in [-0.25, -0.2) is 4.79 Å². The highest BCUT2D eigenvalue weighted by Gasteiger charge is 2.28. The van der Waals surface area contributed by atoms with Crippen LogP contribution in [0.25, 0.3) is 6.08 Å². The molecule has 33 heavy (non-hydrogen) atoms. The molecule has 2 aromatic rings. The molecule has 178 valence electrons. The largest absolute Gasteiger partial charge is 0.494 e. The minimum absolute atomic E-state index is 0.0127. The number of rotatable bonds is 11. The lowest BCUT2D eigenvalue weighted by Gasteiger charge is -2.15. The Morgan fingerprint density at radius 2 is 1.55 bits per heavy atom. The summed E-state index contributed by atoms with van der Waals surface area (Å²) in [6, 6.07) is 12.2. The first-order valence-corrected chi connectivity index (χ1v) is 10.3. The van der Waals surface area contributed by atoms with E-state index < -0.39 is 30.1 Å². The van der Waals surface area contributed by atoms with Gasteiger partial charge in [0.1, 0.15) is 11.5 Å². The molecule has 0 aliphatic heterocycles. The Hall–Kier alpha value is -3.17. The third-order valence-electron chi connectivity index (χ3n) is 4.62. The summed E-state index contributed by atoms with van der Waals surface area (Å²) in [6.07, 6.45) is -2.43. The molecule has 0 amide bonds. The standard InChI is InChI=1S/C24H25F3O6/c1-2-23(30,31)21(28)14-7-17-5-10-20(11-6-17)33-22(29)18-8-12-19(13-9-18)32-16-4-3-15-24(25,26)27/h5-14,30-31H,2-4,15-16H2,1H3/b14-7+. The number of ether oxygens (including phenoxy) is 2. The first-order valence-electron chi connectivity index (χ1n) is 10.3. The highest BCUT2D eigenvalue weighted by molar-refractivity contribution is 5.98. The third-order valence-corrected chi connectivity index (χ3v) is 4.62. The van der Waals surface area contributed by atoms with E-state index in [1.54, 1.807) is 12.1 Å². The molecule has 2 rings (SSSR count). The quantitative estimate of drug-likeness (QED) is 0.164. The van der Waals surface area contributed by atoms with Crippen LogP contribution in [0.1, 0.15) is 48.5 Å². The van der Waals surface area contributed by atoms with Crippen LogP contribution in [0, 0.1) is 0 Å². The van der Waals surface area contributed by atoms with Gasteiger partial charge >= 0.3 is 12.1 Å². The maximum absolute atomic E-state index is 12.3. The van der Waals surface area contributed by atoms with Crippen LogP contribution in [0.3, 0.4) is 0 Å². The predicted octanol–water partition coefficient (Wildman–Crippen LogP) is 4.69. The number of hydrogen-bond donors (Lipinski definition) is 2. The molecular formula is C24H25F3O6. The van der Waals surface area contributed by atoms with Crippen LogP contribution < -0.4 is 9.47 Å². The van der Waals surface area contributed by atoms with E-state index in [0.29, 0.717) is 11.3 Å². The number of esters is 1. The zero-order valence-electron chi connectivity index (χ0n) is 18.0. The van der Waals surface area contributed by atoms with E-state index in [4.69, 9.17) is 9.47 Å². The van der Waals surface area contributed by atoms with Crippen LogP contribution in [0.4, 0.5) is 13.2 Å². The minimum Gasteiger partial charge on any atom is -0.494 e. The second-order valence-corrected chi connectivity index (χ2v) is 7.27. The van der Waals surface area contributed by atoms with Crippen molar-refractivity contribution in [2.75, 3.05) is 6.61 Å². The van der Waals surface area contributed by atoms with E-state index in [2.05, 4.69) is 0 Å². The van der Waals surface area contributed by atoms with Crippen molar-refractivity contribution in [3.05, 3.63) is 65.7 Å². The summed E-state index contributed by atoms with van der Waals surface area (Å²) in [4.78, 5) is 24.0. The number of carbonyl (C=O) groups excluding carboxylic acids is 2. The summed E-state index contributed by atoms with van der Waals surface area (Å²) in [7, 11) is 0. The molecule has 0 bridgehead atoms. The van der Waals surface area contributed by atoms with Gasteiger partial charge in [0.25, 0.3) is 0 Å². The zero-order valence-corrected chi connectivity index (χ0v) is 18.0. The molecule has 0 heterocycles. The molecule has 0 spiro atoms. The van der Waals surface area contributed by atoms with Crippen molar-refractivity contribution in [2.45, 2.75) is 44.6 Å². The molecule has 0 saturated heterocycles. The molecule has 0 unspecified atom stereocenters. The van der Waals surface area contributed by atoms with Crippen molar-refractivity contribution in [1.82, 2.24) is 0 Å². The maximum atomic E-state index is 12.3. The fraction of sp³-hybridized carbons (Fsp3) is 0.333. The maximum Gasteiger partial charge on any atom is 0.389 e. The number of unbranched alkanes of at least 4 members (excludes halogenated alkanes) is 1. The Bertz CT molecular complexity index is 948. The molecular weight excluding hydrogens is 441 g/mol. The van der Waals surface area contributed by atoms with Gasteiger partial charge in [-0.3, -0.25) is 4.79 Å². The van der Waals surface area contributed by atoms with Crippen molar-refractivity contribution in [2.24, 2.45) is 0 Å². The van der Waals surface area contributed by atoms with E-state index in [0.717, 1.165) is 6.08 Å². The number of hydrogen-bond acceptors (Lipinski definition) is 6. The van der Waals surface area contributed by atoms with Crippen molar-refractivity contribution < 1.29 is 42.4 Å². The number of aliphatic hydroxyl groups is 2. The third kappa shape index (κ3) is 9.07. The zero-order chi connectivity index (χ0) is 24.5. The summed E-state index contributed by atoms with van der Waals surface area (Å²) < 4.78 is 47.0. The molecule has 2 aromatic carbocycles. The van der Waals surface area contributed by atoms with E-state index in [9.17, 15) is 33.0 Å². The summed E-state index contributed by atoms with van der Waals surface area (Å²) in [5.74, 6) is -3.16. The highest BCUT2D eigenvalue weighted by Crippen LogP contribution is 2.22.